The zero-order valence-electron chi connectivity index (χ0n) is 18.5. The van der Waals surface area contributed by atoms with E-state index in [2.05, 4.69) is 10.2 Å². The van der Waals surface area contributed by atoms with E-state index in [-0.39, 0.29) is 29.7 Å². The van der Waals surface area contributed by atoms with Crippen molar-refractivity contribution >= 4 is 29.4 Å². The van der Waals surface area contributed by atoms with Crippen LogP contribution in [0.3, 0.4) is 0 Å². The lowest BCUT2D eigenvalue weighted by atomic mass is 10.2. The predicted molar refractivity (Wildman–Crippen MR) is 126 cm³/mol. The molecule has 0 N–H and O–H groups in total. The number of morpholine rings is 1. The summed E-state index contributed by atoms with van der Waals surface area (Å²) in [5, 5.41) is 9.02. The van der Waals surface area contributed by atoms with Crippen LogP contribution in [0.5, 0.6) is 0 Å². The summed E-state index contributed by atoms with van der Waals surface area (Å²) in [4.78, 5) is 15.1. The van der Waals surface area contributed by atoms with Crippen LogP contribution in [0.15, 0.2) is 58.6 Å². The van der Waals surface area contributed by atoms with Gasteiger partial charge in [0.1, 0.15) is 5.82 Å². The first-order chi connectivity index (χ1) is 16.3. The normalized spacial score (nSPS) is 18.5. The second-order valence-corrected chi connectivity index (χ2v) is 9.87. The maximum Gasteiger partial charge on any atom is 0.288 e. The number of nitrogens with zero attached hydrogens (tertiary/aromatic N) is 4. The van der Waals surface area contributed by atoms with E-state index in [4.69, 9.17) is 4.74 Å². The highest BCUT2D eigenvalue weighted by atomic mass is 32.2. The van der Waals surface area contributed by atoms with E-state index >= 15 is 0 Å². The fraction of sp³-hybridized carbons (Fsp3) is 0.348. The molecule has 1 amide bonds. The molecule has 6 nitrogen and oxygen atoms in total. The van der Waals surface area contributed by atoms with Crippen LogP contribution in [-0.4, -0.2) is 62.4 Å². The first kappa shape index (κ1) is 24.6. The third-order valence-electron chi connectivity index (χ3n) is 5.15. The minimum atomic E-state index is -2.52. The zero-order valence-corrected chi connectivity index (χ0v) is 20.2. The molecule has 0 bridgehead atoms. The van der Waals surface area contributed by atoms with E-state index in [0.717, 1.165) is 0 Å². The quantitative estimate of drug-likeness (QED) is 0.413. The van der Waals surface area contributed by atoms with Crippen molar-refractivity contribution in [2.45, 2.75) is 41.9 Å². The van der Waals surface area contributed by atoms with Gasteiger partial charge in [-0.1, -0.05) is 23.5 Å². The average Bonchev–Trinajstić information content (AvgIpc) is 3.21. The Labute approximate surface area is 203 Å². The van der Waals surface area contributed by atoms with Crippen LogP contribution in [0.25, 0.3) is 17.1 Å². The van der Waals surface area contributed by atoms with Crippen LogP contribution in [0.2, 0.25) is 0 Å². The SMILES string of the molecule is C[C@H]1CN(C(=O)CSc2nnc(-c3ccc(F)cc3)n2-c2ccc(SC(F)F)cc2)C[C@H](C)O1. The summed E-state index contributed by atoms with van der Waals surface area (Å²) in [7, 11) is 0. The van der Waals surface area contributed by atoms with Crippen LogP contribution >= 0.6 is 23.5 Å². The fourth-order valence-electron chi connectivity index (χ4n) is 3.76. The molecule has 1 aliphatic rings. The molecule has 2 heterocycles. The minimum absolute atomic E-state index is 0.0314. The lowest BCUT2D eigenvalue weighted by Crippen LogP contribution is -2.48. The monoisotopic (exact) mass is 508 g/mol. The number of carbonyl (C=O) groups excluding carboxylic acids is 1. The van der Waals surface area contributed by atoms with Crippen molar-refractivity contribution in [2.24, 2.45) is 0 Å². The Kier molecular flexibility index (Phi) is 7.84. The summed E-state index contributed by atoms with van der Waals surface area (Å²) >= 11 is 1.70. The van der Waals surface area contributed by atoms with Gasteiger partial charge in [-0.2, -0.15) is 8.78 Å². The molecule has 1 aliphatic heterocycles. The molecule has 1 fully saturated rings. The third kappa shape index (κ3) is 5.94. The lowest BCUT2D eigenvalue weighted by Gasteiger charge is -2.35. The molecule has 2 atom stereocenters. The van der Waals surface area contributed by atoms with E-state index in [9.17, 15) is 18.0 Å². The Morgan fingerprint density at radius 1 is 1.06 bits per heavy atom. The number of hydrogen-bond donors (Lipinski definition) is 0. The predicted octanol–water partition coefficient (Wildman–Crippen LogP) is 5.12. The molecule has 0 aliphatic carbocycles. The van der Waals surface area contributed by atoms with Crippen molar-refractivity contribution in [1.82, 2.24) is 19.7 Å². The molecule has 0 radical (unpaired) electrons. The number of aromatic nitrogens is 3. The number of rotatable bonds is 7. The van der Waals surface area contributed by atoms with Gasteiger partial charge in [0.25, 0.3) is 5.76 Å². The summed E-state index contributed by atoms with van der Waals surface area (Å²) in [6.07, 6.45) is -0.0629. The molecular formula is C23H23F3N4O2S2. The number of ether oxygens (including phenoxy) is 1. The number of benzene rings is 2. The van der Waals surface area contributed by atoms with Crippen molar-refractivity contribution < 1.29 is 22.7 Å². The number of alkyl halides is 2. The van der Waals surface area contributed by atoms with Gasteiger partial charge in [-0.15, -0.1) is 10.2 Å². The van der Waals surface area contributed by atoms with Crippen molar-refractivity contribution in [3.8, 4) is 17.1 Å². The molecule has 4 rings (SSSR count). The number of halogens is 3. The summed E-state index contributed by atoms with van der Waals surface area (Å²) in [5.41, 5.74) is 1.28. The van der Waals surface area contributed by atoms with Crippen molar-refractivity contribution in [3.63, 3.8) is 0 Å². The number of thioether (sulfide) groups is 2. The first-order valence-electron chi connectivity index (χ1n) is 10.6. The van der Waals surface area contributed by atoms with E-state index in [1.165, 1.54) is 23.9 Å². The highest BCUT2D eigenvalue weighted by Gasteiger charge is 2.26. The Bertz CT molecular complexity index is 1120. The molecule has 34 heavy (non-hydrogen) atoms. The number of carbonyl (C=O) groups is 1. The molecule has 0 spiro atoms. The van der Waals surface area contributed by atoms with Gasteiger partial charge in [0.15, 0.2) is 11.0 Å². The summed E-state index contributed by atoms with van der Waals surface area (Å²) in [6, 6.07) is 12.4. The highest BCUT2D eigenvalue weighted by Crippen LogP contribution is 2.31. The maximum atomic E-state index is 13.5. The van der Waals surface area contributed by atoms with E-state index in [0.29, 0.717) is 52.0 Å². The van der Waals surface area contributed by atoms with Crippen LogP contribution in [-0.2, 0) is 9.53 Å². The molecule has 11 heteroatoms. The zero-order chi connectivity index (χ0) is 24.2. The second-order valence-electron chi connectivity index (χ2n) is 7.87. The van der Waals surface area contributed by atoms with Gasteiger partial charge in [-0.25, -0.2) is 4.39 Å². The van der Waals surface area contributed by atoms with Gasteiger partial charge in [0, 0.05) is 29.2 Å². The average molecular weight is 509 g/mol. The molecule has 3 aromatic rings. The first-order valence-corrected chi connectivity index (χ1v) is 12.5. The van der Waals surface area contributed by atoms with Crippen molar-refractivity contribution in [3.05, 3.63) is 54.3 Å². The molecule has 180 valence electrons. The fourth-order valence-corrected chi connectivity index (χ4v) is 5.11. The standard InChI is InChI=1S/C23H23F3N4O2S2/c1-14-11-29(12-15(2)32-14)20(31)13-33-23-28-27-21(16-3-5-17(24)6-4-16)30(23)18-7-9-19(10-8-18)34-22(25)26/h3-10,14-15,22H,11-13H2,1-2H3/t14-,15-/m0/s1. The van der Waals surface area contributed by atoms with E-state index < -0.39 is 5.76 Å². The lowest BCUT2D eigenvalue weighted by molar-refractivity contribution is -0.140. The van der Waals surface area contributed by atoms with Gasteiger partial charge in [0.2, 0.25) is 5.91 Å². The van der Waals surface area contributed by atoms with Gasteiger partial charge in [-0.05, 0) is 62.4 Å². The Balaban J connectivity index is 1.60. The Hall–Kier alpha value is -2.50. The van der Waals surface area contributed by atoms with Crippen molar-refractivity contribution in [1.29, 1.82) is 0 Å². The Morgan fingerprint density at radius 3 is 2.32 bits per heavy atom. The van der Waals surface area contributed by atoms with Crippen LogP contribution in [0, 0.1) is 5.82 Å². The van der Waals surface area contributed by atoms with Crippen molar-refractivity contribution in [2.75, 3.05) is 18.8 Å². The second kappa shape index (κ2) is 10.8. The third-order valence-corrected chi connectivity index (χ3v) is 6.79. The largest absolute Gasteiger partial charge is 0.372 e. The smallest absolute Gasteiger partial charge is 0.288 e. The highest BCUT2D eigenvalue weighted by molar-refractivity contribution is 8.00. The molecule has 0 saturated carbocycles. The van der Waals surface area contributed by atoms with E-state index in [1.54, 1.807) is 45.9 Å². The molecular weight excluding hydrogens is 485 g/mol. The maximum absolute atomic E-state index is 13.5. The molecule has 2 aromatic carbocycles. The van der Waals surface area contributed by atoms with Crippen LogP contribution in [0.4, 0.5) is 13.2 Å². The summed E-state index contributed by atoms with van der Waals surface area (Å²) in [6.45, 7) is 4.93. The summed E-state index contributed by atoms with van der Waals surface area (Å²) < 4.78 is 46.3. The van der Waals surface area contributed by atoms with Gasteiger partial charge in [0.05, 0.1) is 18.0 Å². The number of hydrogen-bond acceptors (Lipinski definition) is 6. The minimum Gasteiger partial charge on any atom is -0.372 e. The molecule has 0 unspecified atom stereocenters. The molecule has 1 aromatic heterocycles. The van der Waals surface area contributed by atoms with E-state index in [1.807, 2.05) is 13.8 Å². The molecule has 1 saturated heterocycles. The van der Waals surface area contributed by atoms with Gasteiger partial charge in [-0.3, -0.25) is 9.36 Å². The topological polar surface area (TPSA) is 60.2 Å². The van der Waals surface area contributed by atoms with Crippen LogP contribution < -0.4 is 0 Å². The number of amides is 1. The Morgan fingerprint density at radius 2 is 1.71 bits per heavy atom. The van der Waals surface area contributed by atoms with Gasteiger partial charge < -0.3 is 9.64 Å². The van der Waals surface area contributed by atoms with Gasteiger partial charge >= 0.3 is 0 Å². The van der Waals surface area contributed by atoms with Crippen LogP contribution in [0.1, 0.15) is 13.8 Å². The summed E-state index contributed by atoms with van der Waals surface area (Å²) in [5.74, 6) is -2.32.